The second kappa shape index (κ2) is 2.73. The first-order valence-corrected chi connectivity index (χ1v) is 4.10. The van der Waals surface area contributed by atoms with Crippen LogP contribution in [0.3, 0.4) is 0 Å². The lowest BCUT2D eigenvalue weighted by Crippen LogP contribution is -2.19. The van der Waals surface area contributed by atoms with Crippen molar-refractivity contribution in [2.75, 3.05) is 5.73 Å². The van der Waals surface area contributed by atoms with Gasteiger partial charge in [0.25, 0.3) is 11.1 Å². The maximum Gasteiger partial charge on any atom is 0.270 e. The SMILES string of the molecule is Cc1cc2c(=O)[nH][nH]c(=O)c2cc1N. The highest BCUT2D eigenvalue weighted by atomic mass is 16.1. The smallest absolute Gasteiger partial charge is 0.270 e. The van der Waals surface area contributed by atoms with Crippen molar-refractivity contribution in [2.24, 2.45) is 0 Å². The van der Waals surface area contributed by atoms with E-state index in [0.29, 0.717) is 16.5 Å². The molecule has 0 amide bonds. The van der Waals surface area contributed by atoms with Gasteiger partial charge in [-0.25, -0.2) is 0 Å². The number of nitrogen functional groups attached to an aromatic ring is 1. The number of nitrogens with one attached hydrogen (secondary N) is 2. The highest BCUT2D eigenvalue weighted by molar-refractivity contribution is 5.84. The third kappa shape index (κ3) is 1.10. The quantitative estimate of drug-likeness (QED) is 0.516. The summed E-state index contributed by atoms with van der Waals surface area (Å²) < 4.78 is 0. The minimum Gasteiger partial charge on any atom is -0.398 e. The summed E-state index contributed by atoms with van der Waals surface area (Å²) in [4.78, 5) is 22.6. The minimum atomic E-state index is -0.341. The summed E-state index contributed by atoms with van der Waals surface area (Å²) in [6.45, 7) is 1.79. The van der Waals surface area contributed by atoms with Gasteiger partial charge in [-0.2, -0.15) is 0 Å². The number of aryl methyl sites for hydroxylation is 1. The predicted molar refractivity (Wildman–Crippen MR) is 54.3 cm³/mol. The van der Waals surface area contributed by atoms with Crippen molar-refractivity contribution in [1.29, 1.82) is 0 Å². The summed E-state index contributed by atoms with van der Waals surface area (Å²) in [5.74, 6) is 0. The molecule has 72 valence electrons. The highest BCUT2D eigenvalue weighted by Gasteiger charge is 2.04. The van der Waals surface area contributed by atoms with Crippen LogP contribution in [0.4, 0.5) is 5.69 Å². The maximum atomic E-state index is 11.3. The first-order chi connectivity index (χ1) is 6.59. The van der Waals surface area contributed by atoms with Crippen LogP contribution < -0.4 is 16.9 Å². The Morgan fingerprint density at radius 1 is 1.07 bits per heavy atom. The predicted octanol–water partition coefficient (Wildman–Crippen LogP) is 0.107. The Labute approximate surface area is 78.5 Å². The fourth-order valence-corrected chi connectivity index (χ4v) is 1.35. The van der Waals surface area contributed by atoms with Crippen LogP contribution in [-0.2, 0) is 0 Å². The molecule has 0 aliphatic heterocycles. The third-order valence-electron chi connectivity index (χ3n) is 2.19. The van der Waals surface area contributed by atoms with E-state index in [1.807, 2.05) is 0 Å². The van der Waals surface area contributed by atoms with Crippen molar-refractivity contribution < 1.29 is 0 Å². The van der Waals surface area contributed by atoms with Gasteiger partial charge in [-0.05, 0) is 24.6 Å². The van der Waals surface area contributed by atoms with Gasteiger partial charge >= 0.3 is 0 Å². The Hall–Kier alpha value is -2.04. The van der Waals surface area contributed by atoms with Gasteiger partial charge in [-0.1, -0.05) is 0 Å². The van der Waals surface area contributed by atoms with Gasteiger partial charge in [0, 0.05) is 5.69 Å². The molecule has 4 N–H and O–H groups in total. The van der Waals surface area contributed by atoms with Crippen LogP contribution in [0.25, 0.3) is 10.8 Å². The molecule has 0 unspecified atom stereocenters. The fourth-order valence-electron chi connectivity index (χ4n) is 1.35. The van der Waals surface area contributed by atoms with Crippen molar-refractivity contribution >= 4 is 16.5 Å². The molecule has 0 aliphatic rings. The number of H-pyrrole nitrogens is 2. The highest BCUT2D eigenvalue weighted by Crippen LogP contribution is 2.15. The van der Waals surface area contributed by atoms with Gasteiger partial charge in [0.1, 0.15) is 0 Å². The topological polar surface area (TPSA) is 91.7 Å². The number of benzene rings is 1. The molecule has 0 saturated carbocycles. The van der Waals surface area contributed by atoms with Crippen molar-refractivity contribution in [2.45, 2.75) is 6.92 Å². The average molecular weight is 191 g/mol. The number of anilines is 1. The molecular weight excluding hydrogens is 182 g/mol. The number of hydrogen-bond donors (Lipinski definition) is 3. The van der Waals surface area contributed by atoms with Crippen molar-refractivity contribution in [3.63, 3.8) is 0 Å². The van der Waals surface area contributed by atoms with E-state index < -0.39 is 0 Å². The van der Waals surface area contributed by atoms with E-state index in [1.54, 1.807) is 13.0 Å². The van der Waals surface area contributed by atoms with Gasteiger partial charge < -0.3 is 5.73 Å². The second-order valence-corrected chi connectivity index (χ2v) is 3.16. The summed E-state index contributed by atoms with van der Waals surface area (Å²) in [6, 6.07) is 3.12. The lowest BCUT2D eigenvalue weighted by atomic mass is 10.1. The molecule has 1 heterocycles. The lowest BCUT2D eigenvalue weighted by molar-refractivity contribution is 0.976. The molecule has 0 atom stereocenters. The van der Waals surface area contributed by atoms with Gasteiger partial charge in [0.05, 0.1) is 10.8 Å². The zero-order valence-corrected chi connectivity index (χ0v) is 7.55. The summed E-state index contributed by atoms with van der Waals surface area (Å²) in [7, 11) is 0. The Balaban J connectivity index is 3.10. The molecule has 0 fully saturated rings. The van der Waals surface area contributed by atoms with Gasteiger partial charge in [-0.3, -0.25) is 19.8 Å². The van der Waals surface area contributed by atoms with Crippen LogP contribution in [0, 0.1) is 6.92 Å². The van der Waals surface area contributed by atoms with Crippen molar-refractivity contribution in [1.82, 2.24) is 10.2 Å². The van der Waals surface area contributed by atoms with Gasteiger partial charge in [0.2, 0.25) is 0 Å². The van der Waals surface area contributed by atoms with E-state index in [2.05, 4.69) is 10.2 Å². The molecular formula is C9H9N3O2. The number of aromatic nitrogens is 2. The standard InChI is InChI=1S/C9H9N3O2/c1-4-2-5-6(3-7(4)10)9(14)12-11-8(5)13/h2-3H,10H2,1H3,(H,11,13)(H,12,14). The van der Waals surface area contributed by atoms with Crippen LogP contribution >= 0.6 is 0 Å². The molecule has 0 bridgehead atoms. The van der Waals surface area contributed by atoms with E-state index >= 15 is 0 Å². The van der Waals surface area contributed by atoms with Crippen molar-refractivity contribution in [3.8, 4) is 0 Å². The van der Waals surface area contributed by atoms with E-state index in [9.17, 15) is 9.59 Å². The fraction of sp³-hybridized carbons (Fsp3) is 0.111. The van der Waals surface area contributed by atoms with E-state index in [4.69, 9.17) is 5.73 Å². The van der Waals surface area contributed by atoms with Crippen molar-refractivity contribution in [3.05, 3.63) is 38.4 Å². The number of rotatable bonds is 0. The minimum absolute atomic E-state index is 0.317. The third-order valence-corrected chi connectivity index (χ3v) is 2.19. The molecule has 0 spiro atoms. The van der Waals surface area contributed by atoms with Gasteiger partial charge in [0.15, 0.2) is 0 Å². The maximum absolute atomic E-state index is 11.3. The molecule has 0 aliphatic carbocycles. The first-order valence-electron chi connectivity index (χ1n) is 4.10. The molecule has 5 nitrogen and oxygen atoms in total. The van der Waals surface area contributed by atoms with E-state index in [1.165, 1.54) is 6.07 Å². The molecule has 1 aromatic heterocycles. The number of aromatic amines is 2. The monoisotopic (exact) mass is 191 g/mol. The number of fused-ring (bicyclic) bond motifs is 1. The second-order valence-electron chi connectivity index (χ2n) is 3.16. The molecule has 1 aromatic carbocycles. The summed E-state index contributed by atoms with van der Waals surface area (Å²) >= 11 is 0. The average Bonchev–Trinajstić information content (AvgIpc) is 2.15. The van der Waals surface area contributed by atoms with Crippen LogP contribution in [0.2, 0.25) is 0 Å². The molecule has 14 heavy (non-hydrogen) atoms. The largest absolute Gasteiger partial charge is 0.398 e. The van der Waals surface area contributed by atoms with Crippen LogP contribution in [-0.4, -0.2) is 10.2 Å². The summed E-state index contributed by atoms with van der Waals surface area (Å²) in [5.41, 5.74) is 6.28. The Kier molecular flexibility index (Phi) is 1.67. The molecule has 0 saturated heterocycles. The Bertz CT molecular complexity index is 555. The number of hydrogen-bond acceptors (Lipinski definition) is 3. The van der Waals surface area contributed by atoms with Gasteiger partial charge in [-0.15, -0.1) is 0 Å². The molecule has 2 aromatic rings. The van der Waals surface area contributed by atoms with Crippen LogP contribution in [0.15, 0.2) is 21.7 Å². The van der Waals surface area contributed by atoms with Crippen LogP contribution in [0.5, 0.6) is 0 Å². The normalized spacial score (nSPS) is 10.6. The summed E-state index contributed by atoms with van der Waals surface area (Å²) in [6.07, 6.45) is 0. The van der Waals surface area contributed by atoms with E-state index in [0.717, 1.165) is 5.56 Å². The first kappa shape index (κ1) is 8.55. The van der Waals surface area contributed by atoms with Crippen LogP contribution in [0.1, 0.15) is 5.56 Å². The molecule has 2 rings (SSSR count). The zero-order valence-electron chi connectivity index (χ0n) is 7.55. The Morgan fingerprint density at radius 3 is 2.14 bits per heavy atom. The molecule has 5 heteroatoms. The zero-order chi connectivity index (χ0) is 10.3. The summed E-state index contributed by atoms with van der Waals surface area (Å²) in [5, 5.41) is 5.17. The Morgan fingerprint density at radius 2 is 1.57 bits per heavy atom. The molecule has 0 radical (unpaired) electrons. The van der Waals surface area contributed by atoms with E-state index in [-0.39, 0.29) is 11.1 Å². The lowest BCUT2D eigenvalue weighted by Gasteiger charge is -2.01. The number of nitrogens with two attached hydrogens (primary N) is 1.